The number of aromatic hydroxyl groups is 1. The van der Waals surface area contributed by atoms with Crippen LogP contribution in [0.5, 0.6) is 11.5 Å². The van der Waals surface area contributed by atoms with Crippen LogP contribution in [-0.2, 0) is 49.4 Å². The first kappa shape index (κ1) is 35.2. The van der Waals surface area contributed by atoms with Crippen molar-refractivity contribution in [3.8, 4) is 11.5 Å². The number of cyclic esters (lactones) is 1. The number of benzene rings is 1. The summed E-state index contributed by atoms with van der Waals surface area (Å²) in [5, 5.41) is 22.6. The quantitative estimate of drug-likeness (QED) is 0.203. The molecule has 0 amide bonds. The number of alkyl halides is 1. The van der Waals surface area contributed by atoms with Gasteiger partial charge in [0.1, 0.15) is 22.7 Å². The summed E-state index contributed by atoms with van der Waals surface area (Å²) < 4.78 is 46.9. The molecule has 1 aromatic carbocycles. The van der Waals surface area contributed by atoms with E-state index >= 15 is 0 Å². The smallest absolute Gasteiger partial charge is 0.345 e. The molecule has 13 nitrogen and oxygen atoms in total. The zero-order chi connectivity index (χ0) is 35.1. The molecule has 48 heavy (non-hydrogen) atoms. The summed E-state index contributed by atoms with van der Waals surface area (Å²) in [6.45, 7) is 9.24. The normalized spacial score (nSPS) is 39.4. The van der Waals surface area contributed by atoms with Gasteiger partial charge in [0.05, 0.1) is 73.8 Å². The third-order valence-electron chi connectivity index (χ3n) is 11.7. The lowest BCUT2D eigenvalue weighted by Gasteiger charge is -2.59. The Morgan fingerprint density at radius 3 is 2.42 bits per heavy atom. The predicted octanol–water partition coefficient (Wildman–Crippen LogP) is 4.92. The van der Waals surface area contributed by atoms with E-state index in [0.717, 1.165) is 0 Å². The number of fused-ring (bicyclic) bond motifs is 1. The maximum atomic E-state index is 13.3. The monoisotopic (exact) mass is 696 g/mol. The number of carboxylic acid groups (broad SMARTS) is 1. The summed E-state index contributed by atoms with van der Waals surface area (Å²) in [6, 6.07) is 0. The fourth-order valence-corrected chi connectivity index (χ4v) is 9.76. The highest BCUT2D eigenvalue weighted by molar-refractivity contribution is 6.21. The van der Waals surface area contributed by atoms with E-state index in [2.05, 4.69) is 0 Å². The van der Waals surface area contributed by atoms with Gasteiger partial charge in [-0.2, -0.15) is 0 Å². The van der Waals surface area contributed by atoms with Gasteiger partial charge >= 0.3 is 17.9 Å². The van der Waals surface area contributed by atoms with E-state index in [9.17, 15) is 24.6 Å². The predicted molar refractivity (Wildman–Crippen MR) is 167 cm³/mol. The van der Waals surface area contributed by atoms with Crippen LogP contribution in [-0.4, -0.2) is 84.3 Å². The average Bonchev–Trinajstić information content (AvgIpc) is 3.67. The first-order valence-electron chi connectivity index (χ1n) is 16.3. The molecule has 3 aliphatic heterocycles. The van der Waals surface area contributed by atoms with Gasteiger partial charge in [-0.3, -0.25) is 9.59 Å². The van der Waals surface area contributed by atoms with Gasteiger partial charge < -0.3 is 48.1 Å². The Bertz CT molecular complexity index is 1510. The van der Waals surface area contributed by atoms with Crippen LogP contribution in [0.4, 0.5) is 0 Å². The molecule has 0 radical (unpaired) electrons. The van der Waals surface area contributed by atoms with E-state index in [-0.39, 0.29) is 64.7 Å². The van der Waals surface area contributed by atoms with E-state index in [1.165, 1.54) is 21.3 Å². The summed E-state index contributed by atoms with van der Waals surface area (Å²) in [5.41, 5.74) is -3.01. The minimum atomic E-state index is -1.26. The summed E-state index contributed by atoms with van der Waals surface area (Å²) in [4.78, 5) is 38.6. The topological polar surface area (TPSA) is 169 Å². The average molecular weight is 697 g/mol. The third kappa shape index (κ3) is 4.94. The molecule has 10 unspecified atom stereocenters. The first-order valence-corrected chi connectivity index (χ1v) is 16.7. The molecular weight excluding hydrogens is 652 g/mol. The van der Waals surface area contributed by atoms with Crippen LogP contribution in [0.15, 0.2) is 0 Å². The number of carboxylic acids is 1. The molecule has 266 valence electrons. The number of ether oxygens (including phenoxy) is 8. The number of aliphatic carboxylic acids is 1. The van der Waals surface area contributed by atoms with Gasteiger partial charge in [0.2, 0.25) is 6.29 Å². The molecule has 4 fully saturated rings. The fraction of sp³-hybridized carbons (Fsp3) is 0.735. The molecule has 0 bridgehead atoms. The van der Waals surface area contributed by atoms with Gasteiger partial charge in [0.25, 0.3) is 0 Å². The van der Waals surface area contributed by atoms with Crippen molar-refractivity contribution in [2.24, 2.45) is 16.7 Å². The molecule has 2 aliphatic carbocycles. The van der Waals surface area contributed by atoms with Gasteiger partial charge in [0, 0.05) is 36.2 Å². The highest BCUT2D eigenvalue weighted by Crippen LogP contribution is 2.75. The van der Waals surface area contributed by atoms with Gasteiger partial charge in [-0.1, -0.05) is 20.8 Å². The number of hydrogen-bond acceptors (Lipinski definition) is 12. The standard InChI is InChI=1S/C34H45ClO13/c1-15-11-16(12-20(36)41-6)46-30(45-15)22-21-23(28(40)47-29(21)43-8)25(42-7)17(24(22)37)14-44-33(5)13-19-34(48-19)31(2,3)18(35)9-10-32(34,4)26(33)27(38)39/h15-16,18-19,26,29-30,37H,9-14H2,1-8H3,(H,38,39). The van der Waals surface area contributed by atoms with Crippen LogP contribution < -0.4 is 4.74 Å². The van der Waals surface area contributed by atoms with Crippen molar-refractivity contribution in [1.82, 2.24) is 0 Å². The molecule has 1 aromatic rings. The number of methoxy groups -OCH3 is 3. The van der Waals surface area contributed by atoms with E-state index in [1.807, 2.05) is 20.8 Å². The van der Waals surface area contributed by atoms with Crippen molar-refractivity contribution in [3.05, 3.63) is 22.3 Å². The largest absolute Gasteiger partial charge is 0.507 e. The molecule has 6 rings (SSSR count). The van der Waals surface area contributed by atoms with E-state index in [0.29, 0.717) is 19.3 Å². The van der Waals surface area contributed by atoms with Crippen LogP contribution in [0.25, 0.3) is 0 Å². The van der Waals surface area contributed by atoms with Crippen molar-refractivity contribution in [2.75, 3.05) is 21.3 Å². The maximum Gasteiger partial charge on any atom is 0.345 e. The van der Waals surface area contributed by atoms with Crippen molar-refractivity contribution in [3.63, 3.8) is 0 Å². The van der Waals surface area contributed by atoms with Crippen LogP contribution in [0, 0.1) is 16.7 Å². The van der Waals surface area contributed by atoms with E-state index < -0.39 is 70.6 Å². The summed E-state index contributed by atoms with van der Waals surface area (Å²) in [5.74, 6) is -3.63. The molecule has 0 aromatic heterocycles. The Kier molecular flexibility index (Phi) is 8.77. The van der Waals surface area contributed by atoms with Crippen LogP contribution >= 0.6 is 11.6 Å². The summed E-state index contributed by atoms with van der Waals surface area (Å²) in [7, 11) is 3.97. The lowest BCUT2D eigenvalue weighted by molar-refractivity contribution is -0.246. The number of halogens is 1. The highest BCUT2D eigenvalue weighted by Gasteiger charge is 2.83. The van der Waals surface area contributed by atoms with Crippen molar-refractivity contribution >= 4 is 29.5 Å². The minimum Gasteiger partial charge on any atom is -0.507 e. The Morgan fingerprint density at radius 1 is 1.08 bits per heavy atom. The number of rotatable bonds is 9. The molecule has 1 spiro atoms. The second-order valence-electron chi connectivity index (χ2n) is 14.7. The molecule has 5 aliphatic rings. The van der Waals surface area contributed by atoms with Crippen molar-refractivity contribution in [1.29, 1.82) is 0 Å². The SMILES string of the molecule is COC(=O)CC1CC(C)OC(c2c(O)c(COC3(C)CC4OC45C(C)(C)C(Cl)CCC5(C)C3C(=O)O)c(OC)c3c2C(OC)OC3=O)O1. The van der Waals surface area contributed by atoms with Gasteiger partial charge in [-0.05, 0) is 26.7 Å². The lowest BCUT2D eigenvalue weighted by Crippen LogP contribution is -2.68. The van der Waals surface area contributed by atoms with Gasteiger partial charge in [0.15, 0.2) is 6.29 Å². The Morgan fingerprint density at radius 2 is 1.79 bits per heavy atom. The number of phenols is 1. The maximum absolute atomic E-state index is 13.3. The molecule has 2 saturated heterocycles. The van der Waals surface area contributed by atoms with Crippen LogP contribution in [0.1, 0.15) is 106 Å². The molecular formula is C34H45ClO13. The summed E-state index contributed by atoms with van der Waals surface area (Å²) >= 11 is 6.81. The highest BCUT2D eigenvalue weighted by atomic mass is 35.5. The van der Waals surface area contributed by atoms with E-state index in [1.54, 1.807) is 13.8 Å². The number of carbonyl (C=O) groups is 3. The Hall–Kier alpha value is -2.68. The lowest BCUT2D eigenvalue weighted by atomic mass is 9.45. The van der Waals surface area contributed by atoms with E-state index in [4.69, 9.17) is 49.5 Å². The zero-order valence-electron chi connectivity index (χ0n) is 28.5. The molecule has 14 heteroatoms. The Labute approximate surface area is 284 Å². The summed E-state index contributed by atoms with van der Waals surface area (Å²) in [6.07, 6.45) is -2.03. The second-order valence-corrected chi connectivity index (χ2v) is 15.2. The molecule has 2 N–H and O–H groups in total. The van der Waals surface area contributed by atoms with Crippen molar-refractivity contribution < 1.29 is 62.5 Å². The molecule has 3 heterocycles. The second kappa shape index (κ2) is 12.0. The third-order valence-corrected chi connectivity index (χ3v) is 12.4. The fourth-order valence-electron chi connectivity index (χ4n) is 9.49. The number of carbonyl (C=O) groups excluding carboxylic acids is 2. The van der Waals surface area contributed by atoms with Gasteiger partial charge in [-0.15, -0.1) is 11.6 Å². The van der Waals surface area contributed by atoms with Crippen molar-refractivity contribution in [2.45, 2.75) is 121 Å². The number of phenolic OH excluding ortho intramolecular Hbond substituents is 1. The number of esters is 2. The van der Waals surface area contributed by atoms with Gasteiger partial charge in [-0.25, -0.2) is 4.79 Å². The Balaban J connectivity index is 1.41. The number of hydrogen-bond donors (Lipinski definition) is 2. The van der Waals surface area contributed by atoms with Crippen LogP contribution in [0.3, 0.4) is 0 Å². The zero-order valence-corrected chi connectivity index (χ0v) is 29.3. The number of epoxide rings is 1. The molecule has 10 atom stereocenters. The first-order chi connectivity index (χ1) is 22.5. The minimum absolute atomic E-state index is 0.00651. The van der Waals surface area contributed by atoms with Crippen LogP contribution in [0.2, 0.25) is 0 Å². The molecule has 2 saturated carbocycles.